The van der Waals surface area contributed by atoms with E-state index in [1.54, 1.807) is 6.20 Å². The summed E-state index contributed by atoms with van der Waals surface area (Å²) in [7, 11) is 1.38. The van der Waals surface area contributed by atoms with Crippen LogP contribution in [0.2, 0.25) is 0 Å². The fourth-order valence-corrected chi connectivity index (χ4v) is 2.88. The lowest BCUT2D eigenvalue weighted by molar-refractivity contribution is 0.0593. The molecule has 1 aromatic carbocycles. The number of morpholine rings is 1. The number of esters is 1. The van der Waals surface area contributed by atoms with Gasteiger partial charge >= 0.3 is 5.97 Å². The Morgan fingerprint density at radius 2 is 2.04 bits per heavy atom. The smallest absolute Gasteiger partial charge is 0.358 e. The standard InChI is InChI=1S/C19H22N2O3/c1-3-14-5-4-6-15(11-14)16-12-17(21-7-9-24-10-8-21)18(20-13-16)19(22)23-2/h4-6,11-13H,3,7-10H2,1-2H3. The SMILES string of the molecule is CCc1cccc(-c2cnc(C(=O)OC)c(N3CCOCC3)c2)c1. The predicted molar refractivity (Wildman–Crippen MR) is 93.4 cm³/mol. The number of anilines is 1. The van der Waals surface area contributed by atoms with E-state index in [1.807, 2.05) is 6.07 Å². The average molecular weight is 326 g/mol. The highest BCUT2D eigenvalue weighted by Crippen LogP contribution is 2.28. The maximum absolute atomic E-state index is 12.1. The first-order chi connectivity index (χ1) is 11.7. The maximum Gasteiger partial charge on any atom is 0.358 e. The van der Waals surface area contributed by atoms with E-state index in [0.717, 1.165) is 36.3 Å². The zero-order valence-electron chi connectivity index (χ0n) is 14.1. The molecular formula is C19H22N2O3. The number of methoxy groups -OCH3 is 1. The molecule has 1 saturated heterocycles. The third kappa shape index (κ3) is 3.41. The van der Waals surface area contributed by atoms with Gasteiger partial charge in [0, 0.05) is 24.8 Å². The zero-order chi connectivity index (χ0) is 16.9. The Hall–Kier alpha value is -2.40. The van der Waals surface area contributed by atoms with Crippen molar-refractivity contribution < 1.29 is 14.3 Å². The van der Waals surface area contributed by atoms with E-state index in [-0.39, 0.29) is 0 Å². The number of nitrogens with zero attached hydrogens (tertiary/aromatic N) is 2. The van der Waals surface area contributed by atoms with Gasteiger partial charge in [-0.05, 0) is 23.6 Å². The van der Waals surface area contributed by atoms with Crippen LogP contribution >= 0.6 is 0 Å². The lowest BCUT2D eigenvalue weighted by Gasteiger charge is -2.30. The Balaban J connectivity index is 2.03. The molecule has 1 aliphatic rings. The summed E-state index contributed by atoms with van der Waals surface area (Å²) in [5, 5.41) is 0. The van der Waals surface area contributed by atoms with Gasteiger partial charge in [-0.3, -0.25) is 0 Å². The number of ether oxygens (including phenoxy) is 2. The maximum atomic E-state index is 12.1. The minimum Gasteiger partial charge on any atom is -0.464 e. The molecule has 2 heterocycles. The van der Waals surface area contributed by atoms with Crippen LogP contribution in [0.3, 0.4) is 0 Å². The molecule has 0 bridgehead atoms. The first kappa shape index (κ1) is 16.5. The Kier molecular flexibility index (Phi) is 5.11. The van der Waals surface area contributed by atoms with Gasteiger partial charge in [0.2, 0.25) is 0 Å². The summed E-state index contributed by atoms with van der Waals surface area (Å²) in [4.78, 5) is 18.6. The number of aromatic nitrogens is 1. The van der Waals surface area contributed by atoms with Crippen molar-refractivity contribution in [2.45, 2.75) is 13.3 Å². The van der Waals surface area contributed by atoms with E-state index in [4.69, 9.17) is 9.47 Å². The number of hydrogen-bond donors (Lipinski definition) is 0. The van der Waals surface area contributed by atoms with Crippen LogP contribution in [-0.4, -0.2) is 44.4 Å². The fraction of sp³-hybridized carbons (Fsp3) is 0.368. The van der Waals surface area contributed by atoms with Crippen LogP contribution in [0.1, 0.15) is 23.0 Å². The quantitative estimate of drug-likeness (QED) is 0.809. The van der Waals surface area contributed by atoms with E-state index in [9.17, 15) is 4.79 Å². The molecule has 0 amide bonds. The second kappa shape index (κ2) is 7.45. The summed E-state index contributed by atoms with van der Waals surface area (Å²) >= 11 is 0. The third-order valence-electron chi connectivity index (χ3n) is 4.27. The van der Waals surface area contributed by atoms with Crippen molar-refractivity contribution in [1.29, 1.82) is 0 Å². The van der Waals surface area contributed by atoms with Crippen LogP contribution < -0.4 is 4.90 Å². The van der Waals surface area contributed by atoms with Crippen molar-refractivity contribution in [1.82, 2.24) is 4.98 Å². The summed E-state index contributed by atoms with van der Waals surface area (Å²) in [5.41, 5.74) is 4.55. The van der Waals surface area contributed by atoms with Gasteiger partial charge in [0.15, 0.2) is 5.69 Å². The van der Waals surface area contributed by atoms with Crippen molar-refractivity contribution in [2.75, 3.05) is 38.3 Å². The summed E-state index contributed by atoms with van der Waals surface area (Å²) in [5.74, 6) is -0.412. The topological polar surface area (TPSA) is 51.7 Å². The molecule has 0 saturated carbocycles. The molecule has 1 fully saturated rings. The van der Waals surface area contributed by atoms with Crippen LogP contribution in [0, 0.1) is 0 Å². The molecule has 2 aromatic rings. The molecule has 24 heavy (non-hydrogen) atoms. The highest BCUT2D eigenvalue weighted by molar-refractivity contribution is 5.94. The molecule has 5 heteroatoms. The Labute approximate surface area is 142 Å². The molecule has 5 nitrogen and oxygen atoms in total. The van der Waals surface area contributed by atoms with E-state index in [2.05, 4.69) is 41.1 Å². The summed E-state index contributed by atoms with van der Waals surface area (Å²) < 4.78 is 10.3. The van der Waals surface area contributed by atoms with Gasteiger partial charge < -0.3 is 14.4 Å². The number of rotatable bonds is 4. The number of carbonyl (C=O) groups is 1. The minimum absolute atomic E-state index is 0.356. The van der Waals surface area contributed by atoms with Gasteiger partial charge in [-0.1, -0.05) is 31.2 Å². The molecular weight excluding hydrogens is 304 g/mol. The fourth-order valence-electron chi connectivity index (χ4n) is 2.88. The average Bonchev–Trinajstić information content (AvgIpc) is 2.67. The van der Waals surface area contributed by atoms with Gasteiger partial charge in [0.25, 0.3) is 0 Å². The number of aryl methyl sites for hydroxylation is 1. The number of pyridine rings is 1. The first-order valence-corrected chi connectivity index (χ1v) is 8.23. The highest BCUT2D eigenvalue weighted by atomic mass is 16.5. The Morgan fingerprint density at radius 1 is 1.25 bits per heavy atom. The van der Waals surface area contributed by atoms with Crippen LogP contribution in [0.25, 0.3) is 11.1 Å². The normalized spacial score (nSPS) is 14.5. The molecule has 0 unspecified atom stereocenters. The van der Waals surface area contributed by atoms with Crippen molar-refractivity contribution in [3.05, 3.63) is 47.8 Å². The lowest BCUT2D eigenvalue weighted by atomic mass is 10.0. The highest BCUT2D eigenvalue weighted by Gasteiger charge is 2.21. The van der Waals surface area contributed by atoms with E-state index in [1.165, 1.54) is 12.7 Å². The predicted octanol–water partition coefficient (Wildman–Crippen LogP) is 2.93. The number of carbonyl (C=O) groups excluding carboxylic acids is 1. The molecule has 0 spiro atoms. The van der Waals surface area contributed by atoms with Crippen LogP contribution in [-0.2, 0) is 15.9 Å². The molecule has 3 rings (SSSR count). The molecule has 0 N–H and O–H groups in total. The Morgan fingerprint density at radius 3 is 2.75 bits per heavy atom. The minimum atomic E-state index is -0.412. The van der Waals surface area contributed by atoms with Crippen LogP contribution in [0.5, 0.6) is 0 Å². The largest absolute Gasteiger partial charge is 0.464 e. The monoisotopic (exact) mass is 326 g/mol. The molecule has 0 atom stereocenters. The Bertz CT molecular complexity index is 724. The van der Waals surface area contributed by atoms with Crippen LogP contribution in [0.15, 0.2) is 36.5 Å². The van der Waals surface area contributed by atoms with E-state index >= 15 is 0 Å². The second-order valence-electron chi connectivity index (χ2n) is 5.74. The number of benzene rings is 1. The van der Waals surface area contributed by atoms with Crippen molar-refractivity contribution in [3.63, 3.8) is 0 Å². The molecule has 0 radical (unpaired) electrons. The van der Waals surface area contributed by atoms with Crippen molar-refractivity contribution in [2.24, 2.45) is 0 Å². The summed E-state index contributed by atoms with van der Waals surface area (Å²) in [6, 6.07) is 10.4. The number of hydrogen-bond acceptors (Lipinski definition) is 5. The van der Waals surface area contributed by atoms with Crippen molar-refractivity contribution >= 4 is 11.7 Å². The van der Waals surface area contributed by atoms with Gasteiger partial charge in [0.05, 0.1) is 26.0 Å². The van der Waals surface area contributed by atoms with Crippen LogP contribution in [0.4, 0.5) is 5.69 Å². The van der Waals surface area contributed by atoms with E-state index < -0.39 is 5.97 Å². The lowest BCUT2D eigenvalue weighted by Crippen LogP contribution is -2.37. The van der Waals surface area contributed by atoms with Gasteiger partial charge in [-0.25, -0.2) is 9.78 Å². The van der Waals surface area contributed by atoms with Gasteiger partial charge in [0.1, 0.15) is 0 Å². The summed E-state index contributed by atoms with van der Waals surface area (Å²) in [6.07, 6.45) is 2.73. The van der Waals surface area contributed by atoms with E-state index in [0.29, 0.717) is 18.9 Å². The third-order valence-corrected chi connectivity index (χ3v) is 4.27. The zero-order valence-corrected chi connectivity index (χ0v) is 14.1. The van der Waals surface area contributed by atoms with Gasteiger partial charge in [-0.15, -0.1) is 0 Å². The second-order valence-corrected chi connectivity index (χ2v) is 5.74. The molecule has 126 valence electrons. The summed E-state index contributed by atoms with van der Waals surface area (Å²) in [6.45, 7) is 4.91. The molecule has 0 aliphatic carbocycles. The molecule has 1 aromatic heterocycles. The van der Waals surface area contributed by atoms with Crippen molar-refractivity contribution in [3.8, 4) is 11.1 Å². The van der Waals surface area contributed by atoms with Gasteiger partial charge in [-0.2, -0.15) is 0 Å². The molecule has 1 aliphatic heterocycles. The first-order valence-electron chi connectivity index (χ1n) is 8.23.